The third-order valence-corrected chi connectivity index (χ3v) is 7.54. The van der Waals surface area contributed by atoms with Gasteiger partial charge in [-0.05, 0) is 31.1 Å². The van der Waals surface area contributed by atoms with Crippen LogP contribution in [-0.2, 0) is 23.0 Å². The van der Waals surface area contributed by atoms with Crippen LogP contribution < -0.4 is 15.0 Å². The van der Waals surface area contributed by atoms with Crippen LogP contribution in [0.5, 0.6) is 11.5 Å². The van der Waals surface area contributed by atoms with Crippen LogP contribution in [0.1, 0.15) is 109 Å². The Kier molecular flexibility index (Phi) is 14.8. The van der Waals surface area contributed by atoms with E-state index in [0.29, 0.717) is 34.6 Å². The Balaban J connectivity index is 1.84. The molecular weight excluding hydrogens is 490 g/mol. The summed E-state index contributed by atoms with van der Waals surface area (Å²) in [5.74, 6) is 0.827. The number of benzene rings is 1. The SMILES string of the molecule is C=C(C)[C@H](Cc1c(OC)c2cccc(OC)c2n(C)c1=O)OC(=O)CCCCCCCCCCCCCCC. The highest BCUT2D eigenvalue weighted by Gasteiger charge is 2.24. The van der Waals surface area contributed by atoms with Gasteiger partial charge in [-0.15, -0.1) is 0 Å². The minimum absolute atomic E-state index is 0.206. The number of carbonyl (C=O) groups excluding carboxylic acids is 1. The molecule has 0 spiro atoms. The first-order chi connectivity index (χ1) is 18.8. The molecule has 218 valence electrons. The number of aryl methyl sites for hydroxylation is 1. The lowest BCUT2D eigenvalue weighted by atomic mass is 10.0. The van der Waals surface area contributed by atoms with E-state index in [-0.39, 0.29) is 17.9 Å². The Hall–Kier alpha value is -2.76. The van der Waals surface area contributed by atoms with Crippen LogP contribution in [0.4, 0.5) is 0 Å². The largest absolute Gasteiger partial charge is 0.496 e. The van der Waals surface area contributed by atoms with Crippen LogP contribution in [0.25, 0.3) is 10.9 Å². The van der Waals surface area contributed by atoms with Gasteiger partial charge in [0.05, 0.1) is 25.3 Å². The van der Waals surface area contributed by atoms with Gasteiger partial charge in [-0.1, -0.05) is 96.6 Å². The van der Waals surface area contributed by atoms with Gasteiger partial charge in [-0.25, -0.2) is 0 Å². The number of methoxy groups -OCH3 is 2. The number of carbonyl (C=O) groups is 1. The van der Waals surface area contributed by atoms with Crippen molar-refractivity contribution in [2.24, 2.45) is 7.05 Å². The number of fused-ring (bicyclic) bond motifs is 1. The number of nitrogens with zero attached hydrogens (tertiary/aromatic N) is 1. The molecule has 0 saturated carbocycles. The molecular formula is C33H51NO5. The average Bonchev–Trinajstić information content (AvgIpc) is 2.93. The summed E-state index contributed by atoms with van der Waals surface area (Å²) >= 11 is 0. The Morgan fingerprint density at radius 3 is 1.97 bits per heavy atom. The molecule has 1 aromatic carbocycles. The maximum atomic E-state index is 13.3. The van der Waals surface area contributed by atoms with Crippen molar-refractivity contribution >= 4 is 16.9 Å². The summed E-state index contributed by atoms with van der Waals surface area (Å²) in [7, 11) is 4.84. The molecule has 39 heavy (non-hydrogen) atoms. The number of pyridine rings is 1. The van der Waals surface area contributed by atoms with Crippen molar-refractivity contribution in [3.05, 3.63) is 46.3 Å². The standard InChI is InChI=1S/C33H51NO5/c1-7-8-9-10-11-12-13-14-15-16-17-18-19-23-30(35)39-29(25(2)3)24-27-32(38-6)26-21-20-22-28(37-5)31(26)34(4)33(27)36/h20-22,29H,2,7-19,23-24H2,1,3-6H3/t29-/m0/s1. The molecule has 0 unspecified atom stereocenters. The number of para-hydroxylation sites is 1. The van der Waals surface area contributed by atoms with E-state index in [4.69, 9.17) is 14.2 Å². The second-order valence-corrected chi connectivity index (χ2v) is 10.8. The molecule has 0 N–H and O–H groups in total. The molecule has 0 aliphatic carbocycles. The van der Waals surface area contributed by atoms with E-state index in [2.05, 4.69) is 13.5 Å². The lowest BCUT2D eigenvalue weighted by Gasteiger charge is -2.21. The second kappa shape index (κ2) is 17.8. The van der Waals surface area contributed by atoms with Gasteiger partial charge in [-0.2, -0.15) is 0 Å². The topological polar surface area (TPSA) is 66.8 Å². The molecule has 0 saturated heterocycles. The first-order valence-electron chi connectivity index (χ1n) is 14.9. The van der Waals surface area contributed by atoms with Gasteiger partial charge in [0.15, 0.2) is 0 Å². The predicted molar refractivity (Wildman–Crippen MR) is 161 cm³/mol. The van der Waals surface area contributed by atoms with E-state index in [1.54, 1.807) is 25.8 Å². The van der Waals surface area contributed by atoms with Gasteiger partial charge in [0.25, 0.3) is 5.56 Å². The number of hydrogen-bond acceptors (Lipinski definition) is 5. The predicted octanol–water partition coefficient (Wildman–Crippen LogP) is 8.07. The monoisotopic (exact) mass is 541 g/mol. The van der Waals surface area contributed by atoms with Gasteiger partial charge in [0.2, 0.25) is 0 Å². The first-order valence-corrected chi connectivity index (χ1v) is 14.9. The fraction of sp³-hybridized carbons (Fsp3) is 0.636. The van der Waals surface area contributed by atoms with Crippen LogP contribution in [-0.4, -0.2) is 30.9 Å². The molecule has 2 rings (SSSR count). The minimum atomic E-state index is -0.593. The van der Waals surface area contributed by atoms with Crippen LogP contribution in [0, 0.1) is 0 Å². The number of aromatic nitrogens is 1. The van der Waals surface area contributed by atoms with E-state index >= 15 is 0 Å². The fourth-order valence-electron chi connectivity index (χ4n) is 5.20. The van der Waals surface area contributed by atoms with Crippen molar-refractivity contribution in [3.63, 3.8) is 0 Å². The summed E-state index contributed by atoms with van der Waals surface area (Å²) in [6, 6.07) is 5.58. The highest BCUT2D eigenvalue weighted by Crippen LogP contribution is 2.33. The maximum Gasteiger partial charge on any atom is 0.306 e. The average molecular weight is 542 g/mol. The first kappa shape index (κ1) is 32.5. The third-order valence-electron chi connectivity index (χ3n) is 7.54. The van der Waals surface area contributed by atoms with Crippen molar-refractivity contribution in [2.75, 3.05) is 14.2 Å². The molecule has 0 fully saturated rings. The molecule has 1 heterocycles. The Bertz CT molecular complexity index is 1100. The number of esters is 1. The normalized spacial score (nSPS) is 11.9. The Labute approximate surface area is 235 Å². The van der Waals surface area contributed by atoms with E-state index in [1.165, 1.54) is 64.2 Å². The molecule has 0 aliphatic rings. The summed E-state index contributed by atoms with van der Waals surface area (Å²) in [5.41, 5.74) is 1.62. The Morgan fingerprint density at radius 2 is 1.46 bits per heavy atom. The lowest BCUT2D eigenvalue weighted by molar-refractivity contribution is -0.147. The number of ether oxygens (including phenoxy) is 3. The van der Waals surface area contributed by atoms with E-state index in [9.17, 15) is 9.59 Å². The molecule has 6 heteroatoms. The molecule has 1 atom stereocenters. The summed E-state index contributed by atoms with van der Waals surface area (Å²) in [6.45, 7) is 8.11. The zero-order valence-electron chi connectivity index (χ0n) is 25.1. The fourth-order valence-corrected chi connectivity index (χ4v) is 5.20. The maximum absolute atomic E-state index is 13.3. The Morgan fingerprint density at radius 1 is 0.897 bits per heavy atom. The zero-order chi connectivity index (χ0) is 28.6. The number of unbranched alkanes of at least 4 members (excludes halogenated alkanes) is 12. The summed E-state index contributed by atoms with van der Waals surface area (Å²) < 4.78 is 18.5. The number of hydrogen-bond donors (Lipinski definition) is 0. The smallest absolute Gasteiger partial charge is 0.306 e. The number of rotatable bonds is 20. The van der Waals surface area contributed by atoms with Crippen LogP contribution in [0.3, 0.4) is 0 Å². The summed E-state index contributed by atoms with van der Waals surface area (Å²) in [4.78, 5) is 26.0. The minimum Gasteiger partial charge on any atom is -0.496 e. The molecule has 0 radical (unpaired) electrons. The zero-order valence-corrected chi connectivity index (χ0v) is 25.1. The van der Waals surface area contributed by atoms with Crippen LogP contribution in [0.2, 0.25) is 0 Å². The third kappa shape index (κ3) is 10.1. The molecule has 6 nitrogen and oxygen atoms in total. The van der Waals surface area contributed by atoms with Gasteiger partial charge in [0.1, 0.15) is 17.6 Å². The summed E-state index contributed by atoms with van der Waals surface area (Å²) in [5, 5.41) is 0.771. The molecule has 0 bridgehead atoms. The van der Waals surface area contributed by atoms with E-state index in [1.807, 2.05) is 25.1 Å². The van der Waals surface area contributed by atoms with Crippen LogP contribution >= 0.6 is 0 Å². The van der Waals surface area contributed by atoms with Crippen LogP contribution in [0.15, 0.2) is 35.1 Å². The van der Waals surface area contributed by atoms with Crippen molar-refractivity contribution in [3.8, 4) is 11.5 Å². The van der Waals surface area contributed by atoms with Crippen molar-refractivity contribution in [2.45, 2.75) is 116 Å². The molecule has 1 aromatic heterocycles. The van der Waals surface area contributed by atoms with E-state index in [0.717, 1.165) is 24.6 Å². The summed E-state index contributed by atoms with van der Waals surface area (Å²) in [6.07, 6.45) is 16.4. The van der Waals surface area contributed by atoms with Gasteiger partial charge in [-0.3, -0.25) is 9.59 Å². The van der Waals surface area contributed by atoms with E-state index < -0.39 is 6.10 Å². The van der Waals surface area contributed by atoms with Gasteiger partial charge < -0.3 is 18.8 Å². The molecule has 0 amide bonds. The van der Waals surface area contributed by atoms with Crippen molar-refractivity contribution < 1.29 is 19.0 Å². The quantitative estimate of drug-likeness (QED) is 0.0963. The molecule has 0 aliphatic heterocycles. The second-order valence-electron chi connectivity index (χ2n) is 10.8. The van der Waals surface area contributed by atoms with Crippen molar-refractivity contribution in [1.82, 2.24) is 4.57 Å². The van der Waals surface area contributed by atoms with Gasteiger partial charge >= 0.3 is 5.97 Å². The van der Waals surface area contributed by atoms with Crippen molar-refractivity contribution in [1.29, 1.82) is 0 Å². The highest BCUT2D eigenvalue weighted by molar-refractivity contribution is 5.91. The lowest BCUT2D eigenvalue weighted by Crippen LogP contribution is -2.29. The van der Waals surface area contributed by atoms with Gasteiger partial charge in [0, 0.05) is 25.3 Å². The molecule has 2 aromatic rings. The highest BCUT2D eigenvalue weighted by atomic mass is 16.5.